The fraction of sp³-hybridized carbons (Fsp3) is 0.600. The van der Waals surface area contributed by atoms with E-state index in [-0.39, 0.29) is 0 Å². The molecule has 0 bridgehead atoms. The van der Waals surface area contributed by atoms with Crippen molar-refractivity contribution in [2.24, 2.45) is 0 Å². The van der Waals surface area contributed by atoms with Gasteiger partial charge in [0.25, 0.3) is 0 Å². The van der Waals surface area contributed by atoms with Crippen molar-refractivity contribution < 1.29 is 4.48 Å². The van der Waals surface area contributed by atoms with E-state index in [1.807, 2.05) is 0 Å². The molecule has 0 aromatic heterocycles. The Hall–Kier alpha value is -1.12. The molecule has 0 spiro atoms. The number of hydrogen-bond donors (Lipinski definition) is 0. The third-order valence-corrected chi connectivity index (χ3v) is 5.78. The number of rotatable bonds is 4. The Labute approximate surface area is 136 Å². The molecule has 0 saturated carbocycles. The van der Waals surface area contributed by atoms with Crippen molar-refractivity contribution in [3.05, 3.63) is 47.5 Å². The number of nitrogens with zero attached hydrogens (tertiary/aromatic N) is 2. The first kappa shape index (κ1) is 15.8. The molecule has 1 atom stereocenters. The normalized spacial score (nSPS) is 23.8. The largest absolute Gasteiger partial charge is 0.324 e. The molecule has 1 aliphatic carbocycles. The molecule has 3 rings (SSSR count). The van der Waals surface area contributed by atoms with Crippen LogP contribution in [0.5, 0.6) is 0 Å². The van der Waals surface area contributed by atoms with Crippen LogP contribution in [-0.4, -0.2) is 49.2 Å². The summed E-state index contributed by atoms with van der Waals surface area (Å²) in [5.41, 5.74) is 3.16. The van der Waals surface area contributed by atoms with Gasteiger partial charge in [-0.05, 0) is 38.2 Å². The van der Waals surface area contributed by atoms with Crippen LogP contribution in [0.2, 0.25) is 0 Å². The second-order valence-electron chi connectivity index (χ2n) is 7.26. The van der Waals surface area contributed by atoms with Crippen molar-refractivity contribution in [3.8, 4) is 0 Å². The summed E-state index contributed by atoms with van der Waals surface area (Å²) < 4.78 is 1.23. The highest BCUT2D eigenvalue weighted by Gasteiger charge is 2.33. The van der Waals surface area contributed by atoms with Crippen LogP contribution in [0.15, 0.2) is 42.0 Å². The zero-order valence-electron chi connectivity index (χ0n) is 14.3. The second-order valence-corrected chi connectivity index (χ2v) is 7.26. The highest BCUT2D eigenvalue weighted by molar-refractivity contribution is 5.29. The summed E-state index contributed by atoms with van der Waals surface area (Å²) in [6.45, 7) is 8.60. The van der Waals surface area contributed by atoms with E-state index in [0.717, 1.165) is 0 Å². The first-order valence-electron chi connectivity index (χ1n) is 9.03. The van der Waals surface area contributed by atoms with Crippen molar-refractivity contribution in [1.29, 1.82) is 0 Å². The minimum atomic E-state index is 0.520. The van der Waals surface area contributed by atoms with Gasteiger partial charge in [0.15, 0.2) is 0 Å². The quantitative estimate of drug-likeness (QED) is 0.600. The standard InChI is InChI=1S/C20H31N2/c1-3-22(2)16-14-21(15-17-22)20(18-10-6-4-7-11-18)19-12-8-5-9-13-19/h4,6-7,10-12,20H,3,5,8-9,13-17H2,1-2H3/q+1. The van der Waals surface area contributed by atoms with Crippen molar-refractivity contribution in [2.45, 2.75) is 38.6 Å². The minimum absolute atomic E-state index is 0.520. The van der Waals surface area contributed by atoms with E-state index in [4.69, 9.17) is 0 Å². The summed E-state index contributed by atoms with van der Waals surface area (Å²) in [6.07, 6.45) is 7.83. The van der Waals surface area contributed by atoms with E-state index in [9.17, 15) is 0 Å². The average Bonchev–Trinajstić information content (AvgIpc) is 2.59. The summed E-state index contributed by atoms with van der Waals surface area (Å²) in [5, 5.41) is 0. The second kappa shape index (κ2) is 6.97. The Morgan fingerprint density at radius 3 is 2.41 bits per heavy atom. The fourth-order valence-corrected chi connectivity index (χ4v) is 3.94. The zero-order valence-corrected chi connectivity index (χ0v) is 14.3. The number of hydrogen-bond acceptors (Lipinski definition) is 1. The van der Waals surface area contributed by atoms with Crippen LogP contribution in [0, 0.1) is 0 Å². The van der Waals surface area contributed by atoms with Gasteiger partial charge in [0.2, 0.25) is 0 Å². The highest BCUT2D eigenvalue weighted by atomic mass is 15.4. The predicted octanol–water partition coefficient (Wildman–Crippen LogP) is 4.01. The van der Waals surface area contributed by atoms with Gasteiger partial charge in [-0.2, -0.15) is 0 Å². The predicted molar refractivity (Wildman–Crippen MR) is 93.8 cm³/mol. The summed E-state index contributed by atoms with van der Waals surface area (Å²) in [4.78, 5) is 2.74. The van der Waals surface area contributed by atoms with E-state index in [2.05, 4.69) is 55.3 Å². The molecule has 2 nitrogen and oxygen atoms in total. The maximum atomic E-state index is 2.74. The van der Waals surface area contributed by atoms with Gasteiger partial charge < -0.3 is 4.48 Å². The molecular formula is C20H31N2+. The summed E-state index contributed by atoms with van der Waals surface area (Å²) in [6, 6.07) is 11.7. The lowest BCUT2D eigenvalue weighted by Gasteiger charge is -2.45. The maximum Gasteiger partial charge on any atom is 0.0914 e. The molecule has 0 radical (unpaired) electrons. The van der Waals surface area contributed by atoms with Crippen LogP contribution in [0.1, 0.15) is 44.2 Å². The SMILES string of the molecule is CC[N+]1(C)CCN(C(C2=CCCCC2)c2ccccc2)CC1. The molecule has 2 heteroatoms. The number of piperazine rings is 1. The zero-order chi connectivity index (χ0) is 15.4. The number of allylic oxidation sites excluding steroid dienone is 1. The van der Waals surface area contributed by atoms with E-state index < -0.39 is 0 Å². The Balaban J connectivity index is 1.82. The summed E-state index contributed by atoms with van der Waals surface area (Å²) in [7, 11) is 2.41. The van der Waals surface area contributed by atoms with Crippen LogP contribution in [-0.2, 0) is 0 Å². The van der Waals surface area contributed by atoms with E-state index in [0.29, 0.717) is 6.04 Å². The van der Waals surface area contributed by atoms with Gasteiger partial charge in [0.05, 0.1) is 32.7 Å². The molecule has 120 valence electrons. The van der Waals surface area contributed by atoms with Gasteiger partial charge in [-0.1, -0.05) is 42.0 Å². The van der Waals surface area contributed by atoms with Crippen molar-refractivity contribution in [3.63, 3.8) is 0 Å². The number of benzene rings is 1. The molecule has 2 aliphatic rings. The first-order chi connectivity index (χ1) is 10.7. The Morgan fingerprint density at radius 2 is 1.82 bits per heavy atom. The molecule has 1 fully saturated rings. The van der Waals surface area contributed by atoms with Gasteiger partial charge in [-0.15, -0.1) is 0 Å². The third kappa shape index (κ3) is 3.44. The van der Waals surface area contributed by atoms with Crippen molar-refractivity contribution in [2.75, 3.05) is 39.8 Å². The summed E-state index contributed by atoms with van der Waals surface area (Å²) in [5.74, 6) is 0. The lowest BCUT2D eigenvalue weighted by Crippen LogP contribution is -2.57. The molecule has 1 unspecified atom stereocenters. The highest BCUT2D eigenvalue weighted by Crippen LogP contribution is 2.35. The van der Waals surface area contributed by atoms with Crippen LogP contribution in [0.4, 0.5) is 0 Å². The summed E-state index contributed by atoms with van der Waals surface area (Å²) >= 11 is 0. The van der Waals surface area contributed by atoms with E-state index >= 15 is 0 Å². The van der Waals surface area contributed by atoms with Crippen molar-refractivity contribution >= 4 is 0 Å². The topological polar surface area (TPSA) is 3.24 Å². The molecule has 0 N–H and O–H groups in total. The molecular weight excluding hydrogens is 268 g/mol. The first-order valence-corrected chi connectivity index (χ1v) is 9.03. The van der Waals surface area contributed by atoms with E-state index in [1.165, 1.54) is 68.5 Å². The monoisotopic (exact) mass is 299 g/mol. The van der Waals surface area contributed by atoms with Crippen LogP contribution in [0.3, 0.4) is 0 Å². The van der Waals surface area contributed by atoms with Gasteiger partial charge in [0.1, 0.15) is 0 Å². The lowest BCUT2D eigenvalue weighted by atomic mass is 9.88. The minimum Gasteiger partial charge on any atom is -0.324 e. The maximum absolute atomic E-state index is 2.74. The van der Waals surface area contributed by atoms with Crippen LogP contribution >= 0.6 is 0 Å². The van der Waals surface area contributed by atoms with Crippen molar-refractivity contribution in [1.82, 2.24) is 4.90 Å². The Bertz CT molecular complexity index is 498. The van der Waals surface area contributed by atoms with Gasteiger partial charge >= 0.3 is 0 Å². The average molecular weight is 299 g/mol. The number of quaternary nitrogens is 1. The van der Waals surface area contributed by atoms with Gasteiger partial charge in [-0.25, -0.2) is 0 Å². The molecule has 1 heterocycles. The molecule has 1 aromatic carbocycles. The lowest BCUT2D eigenvalue weighted by molar-refractivity contribution is -0.912. The van der Waals surface area contributed by atoms with Crippen LogP contribution < -0.4 is 0 Å². The van der Waals surface area contributed by atoms with Gasteiger partial charge in [-0.3, -0.25) is 4.90 Å². The third-order valence-electron chi connectivity index (χ3n) is 5.78. The molecule has 1 saturated heterocycles. The fourth-order valence-electron chi connectivity index (χ4n) is 3.94. The molecule has 0 amide bonds. The Morgan fingerprint density at radius 1 is 1.09 bits per heavy atom. The molecule has 1 aliphatic heterocycles. The number of likely N-dealkylation sites (N-methyl/N-ethyl adjacent to an activating group) is 1. The van der Waals surface area contributed by atoms with Gasteiger partial charge in [0, 0.05) is 13.1 Å². The smallest absolute Gasteiger partial charge is 0.0914 e. The van der Waals surface area contributed by atoms with Crippen LogP contribution in [0.25, 0.3) is 0 Å². The molecule has 22 heavy (non-hydrogen) atoms. The van der Waals surface area contributed by atoms with E-state index in [1.54, 1.807) is 5.57 Å². The molecule has 1 aromatic rings. The Kier molecular flexibility index (Phi) is 5.00.